The standard InChI is InChI=1S/C13H12S4/c1-7-2-4-8(5-3-7)11-9(14)6-10(15)12(16)13(11)17/h2-6,14-17H,1H3. The van der Waals surface area contributed by atoms with Crippen LogP contribution in [0, 0.1) is 6.92 Å². The van der Waals surface area contributed by atoms with Crippen LogP contribution < -0.4 is 0 Å². The first-order valence-corrected chi connectivity index (χ1v) is 6.83. The molecule has 0 atom stereocenters. The summed E-state index contributed by atoms with van der Waals surface area (Å²) in [6, 6.07) is 10.2. The Labute approximate surface area is 123 Å². The lowest BCUT2D eigenvalue weighted by Crippen LogP contribution is -1.87. The first-order chi connectivity index (χ1) is 8.00. The van der Waals surface area contributed by atoms with E-state index in [-0.39, 0.29) is 0 Å². The minimum atomic E-state index is 0.782. The van der Waals surface area contributed by atoms with Crippen molar-refractivity contribution in [3.05, 3.63) is 35.9 Å². The quantitative estimate of drug-likeness (QED) is 0.533. The third kappa shape index (κ3) is 2.65. The Bertz CT molecular complexity index is 559. The van der Waals surface area contributed by atoms with Gasteiger partial charge in [0, 0.05) is 25.1 Å². The molecule has 0 fully saturated rings. The van der Waals surface area contributed by atoms with E-state index in [1.165, 1.54) is 5.56 Å². The highest BCUT2D eigenvalue weighted by atomic mass is 32.1. The van der Waals surface area contributed by atoms with E-state index in [0.717, 1.165) is 30.7 Å². The zero-order chi connectivity index (χ0) is 12.6. The van der Waals surface area contributed by atoms with Crippen molar-refractivity contribution in [2.75, 3.05) is 0 Å². The lowest BCUT2D eigenvalue weighted by molar-refractivity contribution is 1.09. The normalized spacial score (nSPS) is 10.6. The summed E-state index contributed by atoms with van der Waals surface area (Å²) in [4.78, 5) is 3.25. The summed E-state index contributed by atoms with van der Waals surface area (Å²) in [5.41, 5.74) is 3.32. The third-order valence-electron chi connectivity index (χ3n) is 2.57. The molecule has 0 aliphatic heterocycles. The molecule has 0 N–H and O–H groups in total. The summed E-state index contributed by atoms with van der Waals surface area (Å²) < 4.78 is 0. The van der Waals surface area contributed by atoms with E-state index in [4.69, 9.17) is 0 Å². The van der Waals surface area contributed by atoms with Gasteiger partial charge in [0.2, 0.25) is 0 Å². The van der Waals surface area contributed by atoms with E-state index in [0.29, 0.717) is 0 Å². The Hall–Kier alpha value is -0.160. The predicted octanol–water partition coefficient (Wildman–Crippen LogP) is 4.82. The summed E-state index contributed by atoms with van der Waals surface area (Å²) >= 11 is 17.8. The first kappa shape index (κ1) is 13.3. The average molecular weight is 297 g/mol. The molecule has 0 spiro atoms. The van der Waals surface area contributed by atoms with Gasteiger partial charge in [-0.3, -0.25) is 0 Å². The van der Waals surface area contributed by atoms with E-state index in [9.17, 15) is 0 Å². The van der Waals surface area contributed by atoms with Gasteiger partial charge in [0.1, 0.15) is 0 Å². The van der Waals surface area contributed by atoms with Crippen molar-refractivity contribution >= 4 is 50.5 Å². The van der Waals surface area contributed by atoms with Gasteiger partial charge in [-0.2, -0.15) is 0 Å². The molecular formula is C13H12S4. The fourth-order valence-corrected chi connectivity index (χ4v) is 3.07. The monoisotopic (exact) mass is 296 g/mol. The molecule has 0 aromatic heterocycles. The number of thiol groups is 4. The van der Waals surface area contributed by atoms with Gasteiger partial charge in [-0.05, 0) is 18.6 Å². The molecule has 0 heterocycles. The number of rotatable bonds is 1. The Balaban J connectivity index is 2.67. The minimum Gasteiger partial charge on any atom is -0.143 e. The van der Waals surface area contributed by atoms with E-state index in [1.54, 1.807) is 0 Å². The van der Waals surface area contributed by atoms with E-state index >= 15 is 0 Å². The zero-order valence-corrected chi connectivity index (χ0v) is 12.8. The summed E-state index contributed by atoms with van der Waals surface area (Å²) in [6.45, 7) is 2.06. The highest BCUT2D eigenvalue weighted by Gasteiger charge is 2.12. The largest absolute Gasteiger partial charge is 0.143 e. The number of aryl methyl sites for hydroxylation is 1. The van der Waals surface area contributed by atoms with Gasteiger partial charge in [-0.25, -0.2) is 0 Å². The summed E-state index contributed by atoms with van der Waals surface area (Å²) in [5.74, 6) is 0. The van der Waals surface area contributed by atoms with E-state index in [1.807, 2.05) is 6.07 Å². The number of hydrogen-bond acceptors (Lipinski definition) is 4. The predicted molar refractivity (Wildman–Crippen MR) is 85.6 cm³/mol. The molecular weight excluding hydrogens is 284 g/mol. The van der Waals surface area contributed by atoms with Gasteiger partial charge in [-0.1, -0.05) is 29.8 Å². The molecule has 0 amide bonds. The SMILES string of the molecule is Cc1ccc(-c2c(S)cc(S)c(S)c2S)cc1. The van der Waals surface area contributed by atoms with Crippen LogP contribution in [0.3, 0.4) is 0 Å². The van der Waals surface area contributed by atoms with Gasteiger partial charge in [0.15, 0.2) is 0 Å². The molecule has 0 saturated carbocycles. The minimum absolute atomic E-state index is 0.782. The maximum Gasteiger partial charge on any atom is 0.0315 e. The van der Waals surface area contributed by atoms with Crippen LogP contribution in [-0.4, -0.2) is 0 Å². The topological polar surface area (TPSA) is 0 Å². The smallest absolute Gasteiger partial charge is 0.0315 e. The van der Waals surface area contributed by atoms with E-state index < -0.39 is 0 Å². The van der Waals surface area contributed by atoms with Crippen LogP contribution in [-0.2, 0) is 0 Å². The van der Waals surface area contributed by atoms with Crippen molar-refractivity contribution in [3.8, 4) is 11.1 Å². The van der Waals surface area contributed by atoms with E-state index in [2.05, 4.69) is 81.7 Å². The zero-order valence-electron chi connectivity index (χ0n) is 9.18. The molecule has 17 heavy (non-hydrogen) atoms. The summed E-state index contributed by atoms with van der Waals surface area (Å²) in [6.07, 6.45) is 0. The number of hydrogen-bond donors (Lipinski definition) is 4. The molecule has 0 aliphatic rings. The highest BCUT2D eigenvalue weighted by molar-refractivity contribution is 7.85. The number of benzene rings is 2. The van der Waals surface area contributed by atoms with Crippen molar-refractivity contribution in [3.63, 3.8) is 0 Å². The molecule has 2 aromatic carbocycles. The Morgan fingerprint density at radius 2 is 1.35 bits per heavy atom. The van der Waals surface area contributed by atoms with Crippen LogP contribution in [0.5, 0.6) is 0 Å². The molecule has 0 radical (unpaired) electrons. The maximum atomic E-state index is 4.51. The Kier molecular flexibility index (Phi) is 4.08. The molecule has 88 valence electrons. The maximum absolute atomic E-state index is 4.51. The van der Waals surface area contributed by atoms with Crippen molar-refractivity contribution in [2.45, 2.75) is 26.5 Å². The van der Waals surface area contributed by atoms with Crippen LogP contribution >= 0.6 is 50.5 Å². The van der Waals surface area contributed by atoms with Crippen molar-refractivity contribution in [1.82, 2.24) is 0 Å². The van der Waals surface area contributed by atoms with Gasteiger partial charge in [0.05, 0.1) is 0 Å². The van der Waals surface area contributed by atoms with Crippen molar-refractivity contribution in [2.24, 2.45) is 0 Å². The van der Waals surface area contributed by atoms with Gasteiger partial charge >= 0.3 is 0 Å². The average Bonchev–Trinajstić information content (AvgIpc) is 2.29. The van der Waals surface area contributed by atoms with Gasteiger partial charge < -0.3 is 0 Å². The van der Waals surface area contributed by atoms with Gasteiger partial charge in [0.25, 0.3) is 0 Å². The molecule has 2 rings (SSSR count). The van der Waals surface area contributed by atoms with Crippen molar-refractivity contribution < 1.29 is 0 Å². The fraction of sp³-hybridized carbons (Fsp3) is 0.0769. The van der Waals surface area contributed by atoms with Gasteiger partial charge in [-0.15, -0.1) is 50.5 Å². The molecule has 4 heteroatoms. The second-order valence-corrected chi connectivity index (χ2v) is 5.71. The Morgan fingerprint density at radius 1 is 0.765 bits per heavy atom. The second-order valence-electron chi connectivity index (χ2n) is 3.85. The fourth-order valence-electron chi connectivity index (χ4n) is 1.64. The summed E-state index contributed by atoms with van der Waals surface area (Å²) in [7, 11) is 0. The van der Waals surface area contributed by atoms with Crippen LogP contribution in [0.1, 0.15) is 5.56 Å². The summed E-state index contributed by atoms with van der Waals surface area (Å²) in [5, 5.41) is 0. The van der Waals surface area contributed by atoms with Crippen molar-refractivity contribution in [1.29, 1.82) is 0 Å². The van der Waals surface area contributed by atoms with Crippen LogP contribution in [0.4, 0.5) is 0 Å². The van der Waals surface area contributed by atoms with Crippen LogP contribution in [0.15, 0.2) is 49.9 Å². The third-order valence-corrected chi connectivity index (χ3v) is 4.54. The first-order valence-electron chi connectivity index (χ1n) is 5.04. The molecule has 0 nitrogen and oxygen atoms in total. The molecule has 0 aliphatic carbocycles. The van der Waals surface area contributed by atoms with Crippen LogP contribution in [0.25, 0.3) is 11.1 Å². The molecule has 0 unspecified atom stereocenters. The molecule has 2 aromatic rings. The second kappa shape index (κ2) is 5.22. The van der Waals surface area contributed by atoms with Crippen LogP contribution in [0.2, 0.25) is 0 Å². The Morgan fingerprint density at radius 3 is 1.94 bits per heavy atom. The lowest BCUT2D eigenvalue weighted by atomic mass is 10.0. The molecule has 0 bridgehead atoms. The highest BCUT2D eigenvalue weighted by Crippen LogP contribution is 2.39. The lowest BCUT2D eigenvalue weighted by Gasteiger charge is -2.13. The molecule has 0 saturated heterocycles.